The molecule has 0 spiro atoms. The van der Waals surface area contributed by atoms with Crippen LogP contribution < -0.4 is 4.90 Å². The van der Waals surface area contributed by atoms with Crippen LogP contribution >= 0.6 is 0 Å². The van der Waals surface area contributed by atoms with Crippen LogP contribution in [0.4, 0.5) is 5.69 Å². The van der Waals surface area contributed by atoms with E-state index in [9.17, 15) is 14.7 Å². The molecule has 0 saturated carbocycles. The molecule has 19 heavy (non-hydrogen) atoms. The van der Waals surface area contributed by atoms with Crippen LogP contribution in [0, 0.1) is 0 Å². The van der Waals surface area contributed by atoms with Gasteiger partial charge < -0.3 is 14.9 Å². The van der Waals surface area contributed by atoms with Crippen molar-refractivity contribution in [3.8, 4) is 0 Å². The highest BCUT2D eigenvalue weighted by atomic mass is 16.4. The number of anilines is 1. The number of amides is 1. The largest absolute Gasteiger partial charge is 0.481 e. The van der Waals surface area contributed by atoms with Gasteiger partial charge in [-0.25, -0.2) is 0 Å². The van der Waals surface area contributed by atoms with Gasteiger partial charge in [0.15, 0.2) is 0 Å². The van der Waals surface area contributed by atoms with Gasteiger partial charge in [-0.15, -0.1) is 0 Å². The molecule has 1 atom stereocenters. The van der Waals surface area contributed by atoms with Crippen molar-refractivity contribution in [1.82, 2.24) is 4.90 Å². The third-order valence-electron chi connectivity index (χ3n) is 3.46. The molecule has 5 heteroatoms. The fraction of sp³-hybridized carbons (Fsp3) is 0.429. The van der Waals surface area contributed by atoms with E-state index < -0.39 is 11.9 Å². The first-order valence-corrected chi connectivity index (χ1v) is 6.27. The zero-order valence-corrected chi connectivity index (χ0v) is 11.2. The highest BCUT2D eigenvalue weighted by Crippen LogP contribution is 2.35. The van der Waals surface area contributed by atoms with Crippen LogP contribution in [0.25, 0.3) is 0 Å². The van der Waals surface area contributed by atoms with Gasteiger partial charge in [0.1, 0.15) is 0 Å². The summed E-state index contributed by atoms with van der Waals surface area (Å²) in [4.78, 5) is 26.6. The molecule has 0 radical (unpaired) electrons. The number of benzene rings is 1. The van der Waals surface area contributed by atoms with Gasteiger partial charge >= 0.3 is 5.97 Å². The van der Waals surface area contributed by atoms with E-state index in [1.54, 1.807) is 19.0 Å². The lowest BCUT2D eigenvalue weighted by molar-refractivity contribution is -0.139. The molecule has 0 aromatic heterocycles. The zero-order chi connectivity index (χ0) is 14.0. The van der Waals surface area contributed by atoms with Gasteiger partial charge in [-0.2, -0.15) is 0 Å². The molecule has 0 saturated heterocycles. The van der Waals surface area contributed by atoms with Gasteiger partial charge in [-0.05, 0) is 18.1 Å². The summed E-state index contributed by atoms with van der Waals surface area (Å²) in [5.74, 6) is -1.25. The summed E-state index contributed by atoms with van der Waals surface area (Å²) in [6, 6.07) is 7.43. The van der Waals surface area contributed by atoms with Crippen molar-refractivity contribution in [3.05, 3.63) is 29.8 Å². The van der Waals surface area contributed by atoms with Gasteiger partial charge in [0, 0.05) is 26.3 Å². The van der Waals surface area contributed by atoms with Crippen LogP contribution in [-0.2, 0) is 9.59 Å². The maximum atomic E-state index is 11.8. The molecule has 1 aliphatic rings. The number of rotatable bonds is 3. The number of carboxylic acids is 1. The summed E-state index contributed by atoms with van der Waals surface area (Å²) in [6.07, 6.45) is 0.535. The Morgan fingerprint density at radius 3 is 2.68 bits per heavy atom. The number of likely N-dealkylation sites (N-methyl/N-ethyl adjacent to an activating group) is 1. The van der Waals surface area contributed by atoms with E-state index in [-0.39, 0.29) is 12.5 Å². The fourth-order valence-electron chi connectivity index (χ4n) is 2.36. The predicted molar refractivity (Wildman–Crippen MR) is 72.3 cm³/mol. The third kappa shape index (κ3) is 2.70. The van der Waals surface area contributed by atoms with Crippen molar-refractivity contribution in [2.45, 2.75) is 12.3 Å². The molecule has 1 unspecified atom stereocenters. The van der Waals surface area contributed by atoms with Crippen molar-refractivity contribution in [1.29, 1.82) is 0 Å². The van der Waals surface area contributed by atoms with Crippen molar-refractivity contribution in [2.24, 2.45) is 0 Å². The number of carboxylic acid groups (broad SMARTS) is 1. The molecule has 1 aromatic carbocycles. The SMILES string of the molecule is CN(C)C(=O)CN1CCC(C(=O)O)c2ccccc21. The van der Waals surface area contributed by atoms with Crippen molar-refractivity contribution in [2.75, 3.05) is 32.1 Å². The number of hydrogen-bond donors (Lipinski definition) is 1. The monoisotopic (exact) mass is 262 g/mol. The van der Waals surface area contributed by atoms with Crippen LogP contribution in [0.15, 0.2) is 24.3 Å². The fourth-order valence-corrected chi connectivity index (χ4v) is 2.36. The van der Waals surface area contributed by atoms with Crippen LogP contribution in [-0.4, -0.2) is 49.1 Å². The molecule has 2 rings (SSSR count). The molecule has 0 bridgehead atoms. The minimum atomic E-state index is -0.800. The number of fused-ring (bicyclic) bond motifs is 1. The van der Waals surface area contributed by atoms with E-state index in [1.165, 1.54) is 0 Å². The topological polar surface area (TPSA) is 60.9 Å². The Balaban J connectivity index is 2.28. The van der Waals surface area contributed by atoms with Gasteiger partial charge in [0.25, 0.3) is 0 Å². The molecule has 1 heterocycles. The van der Waals surface area contributed by atoms with Crippen LogP contribution in [0.2, 0.25) is 0 Å². The van der Waals surface area contributed by atoms with E-state index in [2.05, 4.69) is 0 Å². The molecular weight excluding hydrogens is 244 g/mol. The minimum Gasteiger partial charge on any atom is -0.481 e. The summed E-state index contributed by atoms with van der Waals surface area (Å²) in [6.45, 7) is 0.879. The second-order valence-corrected chi connectivity index (χ2v) is 4.95. The Kier molecular flexibility index (Phi) is 3.74. The van der Waals surface area contributed by atoms with Gasteiger partial charge in [0.2, 0.25) is 5.91 Å². The Morgan fingerprint density at radius 1 is 1.37 bits per heavy atom. The number of para-hydroxylation sites is 1. The lowest BCUT2D eigenvalue weighted by Crippen LogP contribution is -2.40. The maximum Gasteiger partial charge on any atom is 0.311 e. The number of aliphatic carboxylic acids is 1. The molecule has 1 amide bonds. The Morgan fingerprint density at radius 2 is 2.05 bits per heavy atom. The first-order valence-electron chi connectivity index (χ1n) is 6.27. The van der Waals surface area contributed by atoms with Crippen LogP contribution in [0.3, 0.4) is 0 Å². The van der Waals surface area contributed by atoms with Gasteiger partial charge in [-0.3, -0.25) is 9.59 Å². The number of nitrogens with zero attached hydrogens (tertiary/aromatic N) is 2. The quantitative estimate of drug-likeness (QED) is 0.887. The van der Waals surface area contributed by atoms with Gasteiger partial charge in [-0.1, -0.05) is 18.2 Å². The Hall–Kier alpha value is -2.04. The van der Waals surface area contributed by atoms with E-state index in [0.717, 1.165) is 11.3 Å². The molecule has 1 aliphatic heterocycles. The second-order valence-electron chi connectivity index (χ2n) is 4.95. The maximum absolute atomic E-state index is 11.8. The smallest absolute Gasteiger partial charge is 0.311 e. The number of carbonyl (C=O) groups excluding carboxylic acids is 1. The average molecular weight is 262 g/mol. The van der Waals surface area contributed by atoms with Crippen molar-refractivity contribution >= 4 is 17.6 Å². The van der Waals surface area contributed by atoms with E-state index in [1.807, 2.05) is 29.2 Å². The first kappa shape index (κ1) is 13.4. The van der Waals surface area contributed by atoms with E-state index >= 15 is 0 Å². The molecule has 102 valence electrons. The van der Waals surface area contributed by atoms with E-state index in [0.29, 0.717) is 13.0 Å². The molecule has 5 nitrogen and oxygen atoms in total. The number of carbonyl (C=O) groups is 2. The van der Waals surface area contributed by atoms with Crippen molar-refractivity contribution < 1.29 is 14.7 Å². The normalized spacial score (nSPS) is 17.8. The molecule has 1 aromatic rings. The molecule has 0 fully saturated rings. The minimum absolute atomic E-state index is 0.0172. The number of hydrogen-bond acceptors (Lipinski definition) is 3. The molecular formula is C14H18N2O3. The average Bonchev–Trinajstić information content (AvgIpc) is 2.38. The summed E-state index contributed by atoms with van der Waals surface area (Å²) >= 11 is 0. The summed E-state index contributed by atoms with van der Waals surface area (Å²) < 4.78 is 0. The second kappa shape index (κ2) is 5.30. The van der Waals surface area contributed by atoms with E-state index in [4.69, 9.17) is 0 Å². The Bertz CT molecular complexity index is 499. The molecule has 0 aliphatic carbocycles. The van der Waals surface area contributed by atoms with Gasteiger partial charge in [0.05, 0.1) is 12.5 Å². The molecule has 1 N–H and O–H groups in total. The lowest BCUT2D eigenvalue weighted by atomic mass is 9.90. The predicted octanol–water partition coefficient (Wildman–Crippen LogP) is 1.15. The standard InChI is InChI=1S/C14H18N2O3/c1-15(2)13(17)9-16-8-7-11(14(18)19)10-5-3-4-6-12(10)16/h3-6,11H,7-9H2,1-2H3,(H,18,19). The Labute approximate surface area is 112 Å². The summed E-state index contributed by atoms with van der Waals surface area (Å²) in [5.41, 5.74) is 1.66. The third-order valence-corrected chi connectivity index (χ3v) is 3.46. The summed E-state index contributed by atoms with van der Waals surface area (Å²) in [7, 11) is 3.44. The van der Waals surface area contributed by atoms with Crippen LogP contribution in [0.5, 0.6) is 0 Å². The first-order chi connectivity index (χ1) is 9.00. The summed E-state index contributed by atoms with van der Waals surface area (Å²) in [5, 5.41) is 9.25. The lowest BCUT2D eigenvalue weighted by Gasteiger charge is -2.34. The highest BCUT2D eigenvalue weighted by molar-refractivity contribution is 5.84. The van der Waals surface area contributed by atoms with Crippen LogP contribution in [0.1, 0.15) is 17.9 Å². The van der Waals surface area contributed by atoms with Crippen molar-refractivity contribution in [3.63, 3.8) is 0 Å². The zero-order valence-electron chi connectivity index (χ0n) is 11.2. The highest BCUT2D eigenvalue weighted by Gasteiger charge is 2.30.